The molecule has 262 valence electrons. The van der Waals surface area contributed by atoms with Gasteiger partial charge in [-0.3, -0.25) is 14.4 Å². The molecule has 48 heavy (non-hydrogen) atoms. The van der Waals surface area contributed by atoms with Crippen molar-refractivity contribution in [3.05, 3.63) is 77.4 Å². The van der Waals surface area contributed by atoms with Crippen LogP contribution in [-0.2, 0) is 4.79 Å². The van der Waals surface area contributed by atoms with E-state index in [4.69, 9.17) is 9.47 Å². The van der Waals surface area contributed by atoms with Gasteiger partial charge in [0.1, 0.15) is 11.5 Å². The summed E-state index contributed by atoms with van der Waals surface area (Å²) in [6.45, 7) is 5.94. The molecule has 0 bridgehead atoms. The van der Waals surface area contributed by atoms with Gasteiger partial charge in [0.15, 0.2) is 0 Å². The standard InChI is InChI=1S/C36H47N5O5.2ClH/c1-26-15-18-31(33(24-26)46-23-11-7-8-14-34(42)41-21-19-39(4)20-22-41)40(5)36(44)27-16-17-29(32(25-27)45-6)37-35(43)28-12-9-10-13-30(28)38(2)3;;/h9-10,12-13,15-18,24-25H,7-8,11,14,19-23H2,1-6H3,(H,37,43);2*1H. The zero-order valence-electron chi connectivity index (χ0n) is 28.8. The van der Waals surface area contributed by atoms with Crippen molar-refractivity contribution in [2.45, 2.75) is 32.6 Å². The van der Waals surface area contributed by atoms with Gasteiger partial charge in [0, 0.05) is 65.0 Å². The van der Waals surface area contributed by atoms with E-state index in [1.165, 1.54) is 7.11 Å². The number of ether oxygens (including phenoxy) is 2. The number of likely N-dealkylation sites (N-methyl/N-ethyl adjacent to an activating group) is 1. The van der Waals surface area contributed by atoms with Crippen LogP contribution in [0.4, 0.5) is 17.1 Å². The lowest BCUT2D eigenvalue weighted by atomic mass is 10.1. The fourth-order valence-electron chi connectivity index (χ4n) is 5.44. The van der Waals surface area contributed by atoms with Crippen molar-refractivity contribution >= 4 is 59.6 Å². The largest absolute Gasteiger partial charge is 0.495 e. The Morgan fingerprint density at radius 2 is 1.54 bits per heavy atom. The van der Waals surface area contributed by atoms with Crippen LogP contribution in [0.15, 0.2) is 60.7 Å². The number of hydrogen-bond acceptors (Lipinski definition) is 7. The lowest BCUT2D eigenvalue weighted by Crippen LogP contribution is -2.47. The number of rotatable bonds is 13. The van der Waals surface area contributed by atoms with Crippen LogP contribution in [0.2, 0.25) is 0 Å². The summed E-state index contributed by atoms with van der Waals surface area (Å²) in [6.07, 6.45) is 3.09. The van der Waals surface area contributed by atoms with Crippen molar-refractivity contribution in [3.8, 4) is 11.5 Å². The summed E-state index contributed by atoms with van der Waals surface area (Å²) >= 11 is 0. The van der Waals surface area contributed by atoms with E-state index in [0.29, 0.717) is 47.0 Å². The van der Waals surface area contributed by atoms with Gasteiger partial charge in [-0.2, -0.15) is 0 Å². The third kappa shape index (κ3) is 10.5. The number of methoxy groups -OCH3 is 1. The quantitative estimate of drug-likeness (QED) is 0.214. The summed E-state index contributed by atoms with van der Waals surface area (Å²) in [5.74, 6) is 0.713. The van der Waals surface area contributed by atoms with Crippen molar-refractivity contribution in [1.82, 2.24) is 9.80 Å². The first-order valence-electron chi connectivity index (χ1n) is 15.8. The van der Waals surface area contributed by atoms with Crippen LogP contribution in [0.5, 0.6) is 11.5 Å². The van der Waals surface area contributed by atoms with E-state index >= 15 is 0 Å². The molecule has 0 saturated carbocycles. The molecule has 3 aromatic rings. The van der Waals surface area contributed by atoms with Gasteiger partial charge in [0.2, 0.25) is 5.91 Å². The molecular formula is C36H49Cl2N5O5. The van der Waals surface area contributed by atoms with Crippen LogP contribution in [0.1, 0.15) is 52.0 Å². The summed E-state index contributed by atoms with van der Waals surface area (Å²) in [7, 11) is 9.07. The van der Waals surface area contributed by atoms with E-state index in [2.05, 4.69) is 17.3 Å². The molecule has 10 nitrogen and oxygen atoms in total. The third-order valence-electron chi connectivity index (χ3n) is 8.26. The first-order chi connectivity index (χ1) is 22.1. The fraction of sp³-hybridized carbons (Fsp3) is 0.417. The second-order valence-electron chi connectivity index (χ2n) is 12.0. The Morgan fingerprint density at radius 3 is 2.23 bits per heavy atom. The van der Waals surface area contributed by atoms with E-state index in [9.17, 15) is 14.4 Å². The number of carbonyl (C=O) groups is 3. The number of anilines is 3. The summed E-state index contributed by atoms with van der Waals surface area (Å²) in [6, 6.07) is 18.1. The molecule has 1 heterocycles. The van der Waals surface area contributed by atoms with E-state index in [0.717, 1.165) is 56.7 Å². The van der Waals surface area contributed by atoms with Crippen molar-refractivity contribution in [3.63, 3.8) is 0 Å². The topological polar surface area (TPSA) is 94.7 Å². The molecule has 0 spiro atoms. The maximum atomic E-state index is 13.6. The van der Waals surface area contributed by atoms with Gasteiger partial charge < -0.3 is 34.4 Å². The molecule has 1 N–H and O–H groups in total. The van der Waals surface area contributed by atoms with Crippen molar-refractivity contribution in [2.24, 2.45) is 0 Å². The molecule has 1 fully saturated rings. The highest BCUT2D eigenvalue weighted by Gasteiger charge is 2.21. The monoisotopic (exact) mass is 701 g/mol. The van der Waals surface area contributed by atoms with Crippen molar-refractivity contribution in [1.29, 1.82) is 0 Å². The van der Waals surface area contributed by atoms with Crippen LogP contribution in [0.3, 0.4) is 0 Å². The van der Waals surface area contributed by atoms with E-state index in [1.807, 2.05) is 67.2 Å². The van der Waals surface area contributed by atoms with E-state index < -0.39 is 0 Å². The van der Waals surface area contributed by atoms with Gasteiger partial charge in [0.25, 0.3) is 11.8 Å². The Kier molecular flexibility index (Phi) is 16.0. The average molecular weight is 703 g/mol. The molecule has 3 aromatic carbocycles. The molecule has 0 aliphatic carbocycles. The molecule has 4 rings (SSSR count). The van der Waals surface area contributed by atoms with Gasteiger partial charge in [-0.1, -0.05) is 18.2 Å². The average Bonchev–Trinajstić information content (AvgIpc) is 3.06. The number of benzene rings is 3. The lowest BCUT2D eigenvalue weighted by Gasteiger charge is -2.32. The zero-order valence-corrected chi connectivity index (χ0v) is 30.4. The number of hydrogen-bond donors (Lipinski definition) is 1. The molecule has 1 aliphatic heterocycles. The molecule has 1 saturated heterocycles. The Balaban J connectivity index is 0.00000400. The highest BCUT2D eigenvalue weighted by Crippen LogP contribution is 2.32. The number of aryl methyl sites for hydroxylation is 1. The highest BCUT2D eigenvalue weighted by atomic mass is 35.5. The molecule has 0 radical (unpaired) electrons. The predicted molar refractivity (Wildman–Crippen MR) is 198 cm³/mol. The number of halogens is 2. The van der Waals surface area contributed by atoms with Gasteiger partial charge in [-0.15, -0.1) is 24.8 Å². The maximum Gasteiger partial charge on any atom is 0.258 e. The van der Waals surface area contributed by atoms with Crippen LogP contribution in [0, 0.1) is 6.92 Å². The molecular weight excluding hydrogens is 653 g/mol. The minimum Gasteiger partial charge on any atom is -0.495 e. The number of amides is 3. The molecule has 3 amide bonds. The first-order valence-corrected chi connectivity index (χ1v) is 15.8. The van der Waals surface area contributed by atoms with Crippen LogP contribution in [0.25, 0.3) is 0 Å². The third-order valence-corrected chi connectivity index (χ3v) is 8.26. The Morgan fingerprint density at radius 1 is 0.833 bits per heavy atom. The molecule has 0 aromatic heterocycles. The number of para-hydroxylation sites is 1. The first kappa shape index (κ1) is 40.2. The molecule has 1 aliphatic rings. The number of nitrogens with one attached hydrogen (secondary N) is 1. The number of nitrogens with zero attached hydrogens (tertiary/aromatic N) is 4. The normalized spacial score (nSPS) is 12.7. The summed E-state index contributed by atoms with van der Waals surface area (Å²) < 4.78 is 11.7. The number of piperazine rings is 1. The van der Waals surface area contributed by atoms with Crippen molar-refractivity contribution in [2.75, 3.05) is 83.2 Å². The maximum absolute atomic E-state index is 13.6. The smallest absolute Gasteiger partial charge is 0.258 e. The number of carbonyl (C=O) groups excluding carboxylic acids is 3. The van der Waals surface area contributed by atoms with Crippen molar-refractivity contribution < 1.29 is 23.9 Å². The lowest BCUT2D eigenvalue weighted by molar-refractivity contribution is -0.132. The molecule has 12 heteroatoms. The highest BCUT2D eigenvalue weighted by molar-refractivity contribution is 6.10. The Labute approximate surface area is 297 Å². The molecule has 0 unspecified atom stereocenters. The van der Waals surface area contributed by atoms with Crippen LogP contribution >= 0.6 is 24.8 Å². The van der Waals surface area contributed by atoms with Gasteiger partial charge >= 0.3 is 0 Å². The fourth-order valence-corrected chi connectivity index (χ4v) is 5.44. The second kappa shape index (κ2) is 19.1. The minimum atomic E-state index is -0.276. The molecule has 0 atom stereocenters. The Hall–Kier alpha value is -3.99. The van der Waals surface area contributed by atoms with Gasteiger partial charge in [-0.05, 0) is 81.3 Å². The number of unbranched alkanes of at least 4 members (excludes halogenated alkanes) is 2. The van der Waals surface area contributed by atoms with E-state index in [-0.39, 0.29) is 42.5 Å². The summed E-state index contributed by atoms with van der Waals surface area (Å²) in [5.41, 5.74) is 3.86. The summed E-state index contributed by atoms with van der Waals surface area (Å²) in [5, 5.41) is 2.92. The Bertz CT molecular complexity index is 1530. The zero-order chi connectivity index (χ0) is 33.2. The van der Waals surface area contributed by atoms with Crippen LogP contribution < -0.4 is 24.6 Å². The van der Waals surface area contributed by atoms with Gasteiger partial charge in [0.05, 0.1) is 30.7 Å². The minimum absolute atomic E-state index is 0. The summed E-state index contributed by atoms with van der Waals surface area (Å²) in [4.78, 5) is 46.9. The van der Waals surface area contributed by atoms with Gasteiger partial charge in [-0.25, -0.2) is 0 Å². The van der Waals surface area contributed by atoms with Crippen LogP contribution in [-0.4, -0.2) is 95.6 Å². The SMILES string of the molecule is COc1cc(C(=O)N(C)c2ccc(C)cc2OCCCCCC(=O)N2CCN(C)CC2)ccc1NC(=O)c1ccccc1N(C)C.Cl.Cl. The second-order valence-corrected chi connectivity index (χ2v) is 12.0. The van der Waals surface area contributed by atoms with E-state index in [1.54, 1.807) is 36.2 Å². The predicted octanol–water partition coefficient (Wildman–Crippen LogP) is 6.16.